The van der Waals surface area contributed by atoms with Crippen molar-refractivity contribution in [2.45, 2.75) is 38.6 Å². The van der Waals surface area contributed by atoms with Gasteiger partial charge in [-0.25, -0.2) is 9.97 Å². The third-order valence-electron chi connectivity index (χ3n) is 9.59. The average molecular weight is 671 g/mol. The van der Waals surface area contributed by atoms with E-state index in [1.54, 1.807) is 36.9 Å². The van der Waals surface area contributed by atoms with E-state index in [0.29, 0.717) is 12.1 Å². The van der Waals surface area contributed by atoms with Gasteiger partial charge in [-0.1, -0.05) is 73.7 Å². The highest BCUT2D eigenvalue weighted by atomic mass is 16.7. The van der Waals surface area contributed by atoms with Crippen molar-refractivity contribution in [2.24, 2.45) is 5.92 Å². The van der Waals surface area contributed by atoms with Gasteiger partial charge in [0.2, 0.25) is 5.95 Å². The first-order chi connectivity index (χ1) is 24.5. The first kappa shape index (κ1) is 33.5. The number of nitrogens with one attached hydrogen (secondary N) is 1. The van der Waals surface area contributed by atoms with E-state index in [9.17, 15) is 9.90 Å². The molecule has 2 saturated heterocycles. The van der Waals surface area contributed by atoms with Crippen molar-refractivity contribution in [3.8, 4) is 11.1 Å². The normalized spacial score (nSPS) is 21.1. The molecule has 0 saturated carbocycles. The fraction of sp³-hybridized carbons (Fsp3) is 0.300. The lowest BCUT2D eigenvalue weighted by atomic mass is 9.89. The number of amides is 1. The largest absolute Gasteiger partial charge is 0.392 e. The number of hydrogen-bond donors (Lipinski definition) is 2. The van der Waals surface area contributed by atoms with Crippen LogP contribution in [0.5, 0.6) is 0 Å². The van der Waals surface area contributed by atoms with Crippen LogP contribution in [-0.2, 0) is 22.6 Å². The van der Waals surface area contributed by atoms with Gasteiger partial charge in [0, 0.05) is 75.5 Å². The number of benzene rings is 3. The summed E-state index contributed by atoms with van der Waals surface area (Å²) in [7, 11) is 0. The minimum Gasteiger partial charge on any atom is -0.392 e. The number of ether oxygens (including phenoxy) is 2. The SMILES string of the molecule is C[C@H]1[C@@H](CN2CCN(c3ncccn3)CC2)O[C@@H](c2ccc(-c3cccc(CNC(=O)c4cccnc4)c3)cc2)O[C@H]1c1ccc(CO)cc1. The maximum atomic E-state index is 12.5. The number of rotatable bonds is 10. The zero-order valence-corrected chi connectivity index (χ0v) is 28.1. The number of anilines is 1. The lowest BCUT2D eigenvalue weighted by molar-refractivity contribution is -0.276. The topological polar surface area (TPSA) is 113 Å². The first-order valence-electron chi connectivity index (χ1n) is 17.2. The van der Waals surface area contributed by atoms with Crippen LogP contribution in [0, 0.1) is 5.92 Å². The van der Waals surface area contributed by atoms with Crippen LogP contribution in [0.3, 0.4) is 0 Å². The Labute approximate surface area is 292 Å². The quantitative estimate of drug-likeness (QED) is 0.197. The summed E-state index contributed by atoms with van der Waals surface area (Å²) in [4.78, 5) is 30.1. The van der Waals surface area contributed by atoms with Crippen molar-refractivity contribution in [1.29, 1.82) is 0 Å². The van der Waals surface area contributed by atoms with Gasteiger partial charge in [-0.3, -0.25) is 14.7 Å². The molecule has 5 aromatic rings. The minimum absolute atomic E-state index is 0.00497. The van der Waals surface area contributed by atoms with Crippen molar-refractivity contribution in [3.05, 3.63) is 144 Å². The van der Waals surface area contributed by atoms with E-state index >= 15 is 0 Å². The average Bonchev–Trinajstić information content (AvgIpc) is 3.19. The molecule has 0 bridgehead atoms. The third-order valence-corrected chi connectivity index (χ3v) is 9.59. The van der Waals surface area contributed by atoms with Gasteiger partial charge < -0.3 is 24.8 Å². The van der Waals surface area contributed by atoms with Crippen LogP contribution in [0.4, 0.5) is 5.95 Å². The monoisotopic (exact) mass is 670 g/mol. The molecule has 50 heavy (non-hydrogen) atoms. The molecular weight excluding hydrogens is 628 g/mol. The lowest BCUT2D eigenvalue weighted by Gasteiger charge is -2.44. The number of hydrogen-bond acceptors (Lipinski definition) is 9. The summed E-state index contributed by atoms with van der Waals surface area (Å²) in [5, 5.41) is 12.6. The molecule has 2 N–H and O–H groups in total. The maximum Gasteiger partial charge on any atom is 0.253 e. The van der Waals surface area contributed by atoms with Crippen molar-refractivity contribution in [1.82, 2.24) is 25.2 Å². The second-order valence-electron chi connectivity index (χ2n) is 12.9. The van der Waals surface area contributed by atoms with Gasteiger partial charge in [-0.15, -0.1) is 0 Å². The molecule has 7 rings (SSSR count). The molecule has 1 amide bonds. The van der Waals surface area contributed by atoms with Crippen LogP contribution in [-0.4, -0.2) is 69.7 Å². The standard InChI is InChI=1S/C40H42N6O4/c1-28-36(26-45-19-21-46(22-20-45)40-42-17-4-18-43-40)49-39(50-37(28)32-10-8-29(27-47)9-11-32)33-14-12-31(13-15-33)34-6-2-5-30(23-34)24-44-38(48)35-7-3-16-41-25-35/h2-18,23,25,28,36-37,39,47H,19-22,24,26-27H2,1H3,(H,44,48)/t28-,36+,37+,39+/m0/s1. The van der Waals surface area contributed by atoms with E-state index in [1.807, 2.05) is 30.3 Å². The van der Waals surface area contributed by atoms with Crippen LogP contribution in [0.1, 0.15) is 51.9 Å². The Bertz CT molecular complexity index is 1830. The second kappa shape index (κ2) is 15.7. The summed E-state index contributed by atoms with van der Waals surface area (Å²) >= 11 is 0. The molecule has 2 fully saturated rings. The second-order valence-corrected chi connectivity index (χ2v) is 12.9. The molecule has 0 radical (unpaired) electrons. The fourth-order valence-corrected chi connectivity index (χ4v) is 6.64. The van der Waals surface area contributed by atoms with Gasteiger partial charge in [0.15, 0.2) is 6.29 Å². The zero-order valence-electron chi connectivity index (χ0n) is 28.1. The number of aliphatic hydroxyl groups excluding tert-OH is 1. The summed E-state index contributed by atoms with van der Waals surface area (Å²) in [6.07, 6.45) is 6.01. The Balaban J connectivity index is 1.05. The smallest absolute Gasteiger partial charge is 0.253 e. The fourth-order valence-electron chi connectivity index (χ4n) is 6.64. The number of carbonyl (C=O) groups is 1. The Morgan fingerprint density at radius 2 is 1.58 bits per heavy atom. The van der Waals surface area contributed by atoms with Crippen LogP contribution in [0.2, 0.25) is 0 Å². The molecule has 4 heterocycles. The van der Waals surface area contributed by atoms with Gasteiger partial charge in [0.25, 0.3) is 5.91 Å². The van der Waals surface area contributed by atoms with Gasteiger partial charge in [-0.2, -0.15) is 0 Å². The highest BCUT2D eigenvalue weighted by molar-refractivity contribution is 5.93. The third kappa shape index (κ3) is 7.90. The molecule has 0 aliphatic carbocycles. The molecule has 3 aromatic carbocycles. The summed E-state index contributed by atoms with van der Waals surface area (Å²) < 4.78 is 13.5. The van der Waals surface area contributed by atoms with Crippen LogP contribution in [0.15, 0.2) is 116 Å². The van der Waals surface area contributed by atoms with Crippen molar-refractivity contribution in [3.63, 3.8) is 0 Å². The molecule has 2 aliphatic heterocycles. The molecule has 2 aromatic heterocycles. The highest BCUT2D eigenvalue weighted by Crippen LogP contribution is 2.42. The first-order valence-corrected chi connectivity index (χ1v) is 17.2. The molecule has 0 unspecified atom stereocenters. The highest BCUT2D eigenvalue weighted by Gasteiger charge is 2.39. The molecule has 2 aliphatic rings. The van der Waals surface area contributed by atoms with E-state index in [2.05, 4.69) is 85.5 Å². The van der Waals surface area contributed by atoms with E-state index in [0.717, 1.165) is 72.1 Å². The maximum absolute atomic E-state index is 12.5. The Morgan fingerprint density at radius 1 is 0.820 bits per heavy atom. The van der Waals surface area contributed by atoms with Gasteiger partial charge in [0.05, 0.1) is 24.4 Å². The van der Waals surface area contributed by atoms with Crippen molar-refractivity contribution >= 4 is 11.9 Å². The Morgan fingerprint density at radius 3 is 2.30 bits per heavy atom. The van der Waals surface area contributed by atoms with Crippen molar-refractivity contribution < 1.29 is 19.4 Å². The van der Waals surface area contributed by atoms with E-state index in [-0.39, 0.29) is 30.6 Å². The van der Waals surface area contributed by atoms with Gasteiger partial charge in [-0.05, 0) is 52.1 Å². The molecule has 256 valence electrons. The number of aromatic nitrogens is 3. The molecular formula is C40H42N6O4. The summed E-state index contributed by atoms with van der Waals surface area (Å²) in [6.45, 7) is 6.92. The number of carbonyl (C=O) groups excluding carboxylic acids is 1. The zero-order chi connectivity index (χ0) is 34.3. The van der Waals surface area contributed by atoms with Crippen LogP contribution >= 0.6 is 0 Å². The number of nitrogens with zero attached hydrogens (tertiary/aromatic N) is 5. The minimum atomic E-state index is -0.541. The van der Waals surface area contributed by atoms with Gasteiger partial charge >= 0.3 is 0 Å². The Kier molecular flexibility index (Phi) is 10.5. The van der Waals surface area contributed by atoms with Crippen LogP contribution in [0.25, 0.3) is 11.1 Å². The predicted octanol–water partition coefficient (Wildman–Crippen LogP) is 5.57. The van der Waals surface area contributed by atoms with Gasteiger partial charge in [0.1, 0.15) is 0 Å². The number of aliphatic hydroxyl groups is 1. The number of pyridine rings is 1. The van der Waals surface area contributed by atoms with E-state index in [1.165, 1.54) is 0 Å². The molecule has 10 heteroatoms. The molecule has 4 atom stereocenters. The molecule has 0 spiro atoms. The molecule has 10 nitrogen and oxygen atoms in total. The summed E-state index contributed by atoms with van der Waals surface area (Å²) in [6, 6.07) is 29.9. The predicted molar refractivity (Wildman–Crippen MR) is 191 cm³/mol. The Hall–Kier alpha value is -5.00. The number of piperazine rings is 1. The summed E-state index contributed by atoms with van der Waals surface area (Å²) in [5.41, 5.74) is 6.56. The summed E-state index contributed by atoms with van der Waals surface area (Å²) in [5.74, 6) is 0.721. The lowest BCUT2D eigenvalue weighted by Crippen LogP contribution is -2.51. The van der Waals surface area contributed by atoms with E-state index in [4.69, 9.17) is 9.47 Å². The van der Waals surface area contributed by atoms with Crippen molar-refractivity contribution in [2.75, 3.05) is 37.6 Å². The van der Waals surface area contributed by atoms with E-state index < -0.39 is 6.29 Å². The van der Waals surface area contributed by atoms with Crippen LogP contribution < -0.4 is 10.2 Å².